The Morgan fingerprint density at radius 3 is 2.19 bits per heavy atom. The van der Waals surface area contributed by atoms with Crippen LogP contribution in [0, 0.1) is 27.7 Å². The maximum atomic E-state index is 12.9. The summed E-state index contributed by atoms with van der Waals surface area (Å²) in [6, 6.07) is 12.4. The fourth-order valence-corrected chi connectivity index (χ4v) is 3.19. The zero-order valence-electron chi connectivity index (χ0n) is 16.8. The molecule has 0 aliphatic heterocycles. The molecule has 3 heteroatoms. The molecular weight excluding hydrogens is 322 g/mol. The fourth-order valence-electron chi connectivity index (χ4n) is 3.19. The average molecular weight is 354 g/mol. The topological polar surface area (TPSA) is 38.3 Å². The predicted molar refractivity (Wildman–Crippen MR) is 108 cm³/mol. The van der Waals surface area contributed by atoms with Crippen molar-refractivity contribution in [1.29, 1.82) is 0 Å². The lowest BCUT2D eigenvalue weighted by atomic mass is 9.97. The van der Waals surface area contributed by atoms with Crippen LogP contribution in [0.1, 0.15) is 60.5 Å². The number of rotatable bonds is 7. The second kappa shape index (κ2) is 8.88. The van der Waals surface area contributed by atoms with Crippen molar-refractivity contribution in [3.05, 3.63) is 64.2 Å². The predicted octanol–water partition coefficient (Wildman–Crippen LogP) is 5.35. The van der Waals surface area contributed by atoms with Crippen molar-refractivity contribution in [3.63, 3.8) is 0 Å². The highest BCUT2D eigenvalue weighted by Crippen LogP contribution is 2.24. The van der Waals surface area contributed by atoms with Crippen LogP contribution < -0.4 is 10.1 Å². The lowest BCUT2D eigenvalue weighted by Crippen LogP contribution is -2.40. The van der Waals surface area contributed by atoms with E-state index in [-0.39, 0.29) is 11.9 Å². The number of hydrogen-bond donors (Lipinski definition) is 1. The molecule has 0 fully saturated rings. The van der Waals surface area contributed by atoms with Gasteiger partial charge in [-0.15, -0.1) is 0 Å². The Morgan fingerprint density at radius 1 is 0.923 bits per heavy atom. The van der Waals surface area contributed by atoms with Crippen LogP contribution in [0.25, 0.3) is 0 Å². The van der Waals surface area contributed by atoms with E-state index in [0.717, 1.165) is 23.3 Å². The molecule has 140 valence electrons. The van der Waals surface area contributed by atoms with E-state index in [2.05, 4.69) is 50.4 Å². The van der Waals surface area contributed by atoms with Crippen molar-refractivity contribution in [2.24, 2.45) is 0 Å². The number of carbonyl (C=O) groups is 1. The molecule has 2 rings (SSSR count). The third kappa shape index (κ3) is 4.87. The van der Waals surface area contributed by atoms with Crippen LogP contribution in [0.3, 0.4) is 0 Å². The highest BCUT2D eigenvalue weighted by atomic mass is 16.5. The van der Waals surface area contributed by atoms with Crippen LogP contribution in [0.15, 0.2) is 36.4 Å². The van der Waals surface area contributed by atoms with Crippen molar-refractivity contribution >= 4 is 5.91 Å². The van der Waals surface area contributed by atoms with Crippen molar-refractivity contribution in [2.45, 2.75) is 66.5 Å². The minimum Gasteiger partial charge on any atom is -0.480 e. The highest BCUT2D eigenvalue weighted by molar-refractivity contribution is 5.81. The molecule has 0 aliphatic carbocycles. The van der Waals surface area contributed by atoms with E-state index in [9.17, 15) is 4.79 Å². The third-order valence-electron chi connectivity index (χ3n) is 4.80. The van der Waals surface area contributed by atoms with Crippen molar-refractivity contribution in [1.82, 2.24) is 5.32 Å². The molecule has 0 saturated heterocycles. The Kier molecular flexibility index (Phi) is 6.84. The molecule has 0 aromatic heterocycles. The average Bonchev–Trinajstić information content (AvgIpc) is 2.60. The van der Waals surface area contributed by atoms with Gasteiger partial charge in [-0.1, -0.05) is 49.7 Å². The first kappa shape index (κ1) is 20.0. The van der Waals surface area contributed by atoms with Gasteiger partial charge >= 0.3 is 0 Å². The lowest BCUT2D eigenvalue weighted by Gasteiger charge is -2.24. The lowest BCUT2D eigenvalue weighted by molar-refractivity contribution is -0.129. The molecule has 0 heterocycles. The Morgan fingerprint density at radius 2 is 1.58 bits per heavy atom. The molecule has 0 unspecified atom stereocenters. The molecule has 0 saturated carbocycles. The van der Waals surface area contributed by atoms with Gasteiger partial charge in [0.2, 0.25) is 0 Å². The van der Waals surface area contributed by atoms with Gasteiger partial charge in [0.05, 0.1) is 6.04 Å². The quantitative estimate of drug-likeness (QED) is 0.729. The molecule has 26 heavy (non-hydrogen) atoms. The van der Waals surface area contributed by atoms with Crippen molar-refractivity contribution in [2.75, 3.05) is 0 Å². The van der Waals surface area contributed by atoms with Crippen LogP contribution in [-0.4, -0.2) is 12.0 Å². The van der Waals surface area contributed by atoms with E-state index in [4.69, 9.17) is 4.74 Å². The zero-order chi connectivity index (χ0) is 19.3. The van der Waals surface area contributed by atoms with E-state index in [1.807, 2.05) is 32.9 Å². The molecule has 2 aromatic rings. The summed E-state index contributed by atoms with van der Waals surface area (Å²) in [6.45, 7) is 12.3. The summed E-state index contributed by atoms with van der Waals surface area (Å²) in [7, 11) is 0. The number of benzene rings is 2. The van der Waals surface area contributed by atoms with Crippen LogP contribution in [0.5, 0.6) is 5.75 Å². The standard InChI is InChI=1S/C23H31NO2/c1-7-20(19-12-10-15(3)13-18(19)6)24-23(25)21(8-2)26-22-14-16(4)9-11-17(22)5/h9-14,20-21H,7-8H2,1-6H3,(H,24,25)/t20-,21+/m1/s1. The number of ether oxygens (including phenoxy) is 1. The SMILES string of the molecule is CC[C@H](Oc1cc(C)ccc1C)C(=O)N[C@H](CC)c1ccc(C)cc1C. The summed E-state index contributed by atoms with van der Waals surface area (Å²) in [6.07, 6.45) is 0.980. The third-order valence-corrected chi connectivity index (χ3v) is 4.80. The number of aryl methyl sites for hydroxylation is 4. The first-order valence-electron chi connectivity index (χ1n) is 9.47. The Hall–Kier alpha value is -2.29. The fraction of sp³-hybridized carbons (Fsp3) is 0.435. The van der Waals surface area contributed by atoms with E-state index in [1.54, 1.807) is 0 Å². The minimum atomic E-state index is -0.490. The number of nitrogens with one attached hydrogen (secondary N) is 1. The number of hydrogen-bond acceptors (Lipinski definition) is 2. The van der Waals surface area contributed by atoms with Gasteiger partial charge in [-0.05, 0) is 68.9 Å². The largest absolute Gasteiger partial charge is 0.480 e. The van der Waals surface area contributed by atoms with Gasteiger partial charge in [0.1, 0.15) is 5.75 Å². The maximum absolute atomic E-state index is 12.9. The van der Waals surface area contributed by atoms with Gasteiger partial charge in [0.25, 0.3) is 5.91 Å². The summed E-state index contributed by atoms with van der Waals surface area (Å²) >= 11 is 0. The van der Waals surface area contributed by atoms with E-state index in [1.165, 1.54) is 16.7 Å². The van der Waals surface area contributed by atoms with Gasteiger partial charge in [-0.2, -0.15) is 0 Å². The molecule has 0 radical (unpaired) electrons. The molecule has 1 amide bonds. The van der Waals surface area contributed by atoms with Crippen LogP contribution in [-0.2, 0) is 4.79 Å². The minimum absolute atomic E-state index is 0.000596. The Labute approximate surface area is 157 Å². The van der Waals surface area contributed by atoms with Gasteiger partial charge in [-0.25, -0.2) is 0 Å². The summed E-state index contributed by atoms with van der Waals surface area (Å²) in [4.78, 5) is 12.9. The summed E-state index contributed by atoms with van der Waals surface area (Å²) in [5.74, 6) is 0.729. The number of amides is 1. The van der Waals surface area contributed by atoms with Gasteiger partial charge in [-0.3, -0.25) is 4.79 Å². The van der Waals surface area contributed by atoms with Crippen LogP contribution in [0.4, 0.5) is 0 Å². The van der Waals surface area contributed by atoms with Gasteiger partial charge in [0.15, 0.2) is 6.10 Å². The van der Waals surface area contributed by atoms with E-state index < -0.39 is 6.10 Å². The second-order valence-corrected chi connectivity index (χ2v) is 7.11. The molecule has 0 spiro atoms. The van der Waals surface area contributed by atoms with E-state index >= 15 is 0 Å². The molecule has 0 bridgehead atoms. The maximum Gasteiger partial charge on any atom is 0.261 e. The highest BCUT2D eigenvalue weighted by Gasteiger charge is 2.23. The van der Waals surface area contributed by atoms with Crippen LogP contribution >= 0.6 is 0 Å². The normalized spacial score (nSPS) is 13.2. The molecule has 1 N–H and O–H groups in total. The van der Waals surface area contributed by atoms with Crippen molar-refractivity contribution < 1.29 is 9.53 Å². The van der Waals surface area contributed by atoms with Gasteiger partial charge < -0.3 is 10.1 Å². The first-order chi connectivity index (χ1) is 12.3. The van der Waals surface area contributed by atoms with Crippen LogP contribution in [0.2, 0.25) is 0 Å². The second-order valence-electron chi connectivity index (χ2n) is 7.11. The smallest absolute Gasteiger partial charge is 0.261 e. The van der Waals surface area contributed by atoms with Crippen molar-refractivity contribution in [3.8, 4) is 5.75 Å². The summed E-state index contributed by atoms with van der Waals surface area (Å²) in [5.41, 5.74) is 5.79. The Balaban J connectivity index is 2.15. The summed E-state index contributed by atoms with van der Waals surface area (Å²) in [5, 5.41) is 3.18. The zero-order valence-corrected chi connectivity index (χ0v) is 16.8. The Bertz CT molecular complexity index is 767. The molecule has 0 aliphatic rings. The van der Waals surface area contributed by atoms with E-state index in [0.29, 0.717) is 6.42 Å². The molecular formula is C23H31NO2. The van der Waals surface area contributed by atoms with Gasteiger partial charge in [0, 0.05) is 0 Å². The molecule has 2 atom stereocenters. The first-order valence-corrected chi connectivity index (χ1v) is 9.47. The number of carbonyl (C=O) groups excluding carboxylic acids is 1. The molecule has 2 aromatic carbocycles. The monoisotopic (exact) mass is 353 g/mol. The molecule has 3 nitrogen and oxygen atoms in total. The summed E-state index contributed by atoms with van der Waals surface area (Å²) < 4.78 is 6.06.